The highest BCUT2D eigenvalue weighted by Gasteiger charge is 2.14. The maximum atomic E-state index is 5.60. The fourth-order valence-corrected chi connectivity index (χ4v) is 1.53. The number of rotatable bonds is 5. The van der Waals surface area contributed by atoms with Crippen LogP contribution in [0.4, 0.5) is 0 Å². The standard InChI is InChI=1S/C11H17N3OS/c1-8(10(12)16)14(2)7-9-5-4-6-13-11(9)15-3/h4-6,8H,7H2,1-3H3,(H2,12,16). The van der Waals surface area contributed by atoms with Crippen LogP contribution in [0.3, 0.4) is 0 Å². The molecule has 1 rings (SSSR count). The van der Waals surface area contributed by atoms with Crippen molar-refractivity contribution >= 4 is 17.2 Å². The lowest BCUT2D eigenvalue weighted by molar-refractivity contribution is 0.294. The first-order chi connectivity index (χ1) is 7.56. The quantitative estimate of drug-likeness (QED) is 0.782. The first kappa shape index (κ1) is 12.9. The van der Waals surface area contributed by atoms with Gasteiger partial charge >= 0.3 is 0 Å². The van der Waals surface area contributed by atoms with Gasteiger partial charge in [0.2, 0.25) is 5.88 Å². The molecule has 0 saturated heterocycles. The molecule has 0 aromatic carbocycles. The summed E-state index contributed by atoms with van der Waals surface area (Å²) in [4.78, 5) is 6.69. The van der Waals surface area contributed by atoms with Gasteiger partial charge in [0.05, 0.1) is 18.1 Å². The Bertz CT molecular complexity index is 370. The molecule has 0 spiro atoms. The normalized spacial score (nSPS) is 12.5. The lowest BCUT2D eigenvalue weighted by Crippen LogP contribution is -2.38. The van der Waals surface area contributed by atoms with Crippen molar-refractivity contribution in [2.24, 2.45) is 5.73 Å². The number of nitrogens with two attached hydrogens (primary N) is 1. The minimum atomic E-state index is 0.0555. The predicted octanol–water partition coefficient (Wildman–Crippen LogP) is 1.20. The molecule has 5 heteroatoms. The largest absolute Gasteiger partial charge is 0.481 e. The van der Waals surface area contributed by atoms with Crippen LogP contribution >= 0.6 is 12.2 Å². The maximum absolute atomic E-state index is 5.60. The minimum absolute atomic E-state index is 0.0555. The summed E-state index contributed by atoms with van der Waals surface area (Å²) in [5, 5.41) is 0. The first-order valence-corrected chi connectivity index (χ1v) is 5.44. The van der Waals surface area contributed by atoms with E-state index >= 15 is 0 Å². The van der Waals surface area contributed by atoms with Gasteiger partial charge in [0.15, 0.2) is 0 Å². The monoisotopic (exact) mass is 239 g/mol. The average molecular weight is 239 g/mol. The van der Waals surface area contributed by atoms with E-state index in [4.69, 9.17) is 22.7 Å². The Kier molecular flexibility index (Phi) is 4.64. The Morgan fingerprint density at radius 3 is 2.94 bits per heavy atom. The fraction of sp³-hybridized carbons (Fsp3) is 0.455. The number of methoxy groups -OCH3 is 1. The van der Waals surface area contributed by atoms with Crippen molar-refractivity contribution in [3.63, 3.8) is 0 Å². The number of likely N-dealkylation sites (N-methyl/N-ethyl adjacent to an activating group) is 1. The topological polar surface area (TPSA) is 51.4 Å². The van der Waals surface area contributed by atoms with Crippen molar-refractivity contribution in [2.45, 2.75) is 19.5 Å². The highest BCUT2D eigenvalue weighted by molar-refractivity contribution is 7.80. The smallest absolute Gasteiger partial charge is 0.217 e. The summed E-state index contributed by atoms with van der Waals surface area (Å²) in [6, 6.07) is 3.92. The molecule has 88 valence electrons. The van der Waals surface area contributed by atoms with Crippen LogP contribution in [0.1, 0.15) is 12.5 Å². The van der Waals surface area contributed by atoms with E-state index in [0.717, 1.165) is 5.56 Å². The van der Waals surface area contributed by atoms with Gasteiger partial charge in [-0.15, -0.1) is 0 Å². The lowest BCUT2D eigenvalue weighted by atomic mass is 10.2. The van der Waals surface area contributed by atoms with Crippen LogP contribution in [-0.4, -0.2) is 35.1 Å². The number of thiocarbonyl (C=S) groups is 1. The average Bonchev–Trinajstić information content (AvgIpc) is 2.28. The Morgan fingerprint density at radius 2 is 2.38 bits per heavy atom. The van der Waals surface area contributed by atoms with Crippen molar-refractivity contribution in [3.8, 4) is 5.88 Å². The van der Waals surface area contributed by atoms with Gasteiger partial charge in [0.1, 0.15) is 0 Å². The molecule has 0 radical (unpaired) electrons. The predicted molar refractivity (Wildman–Crippen MR) is 68.5 cm³/mol. The number of aromatic nitrogens is 1. The zero-order chi connectivity index (χ0) is 12.1. The molecule has 1 aromatic rings. The molecular weight excluding hydrogens is 222 g/mol. The van der Waals surface area contributed by atoms with E-state index in [1.165, 1.54) is 0 Å². The van der Waals surface area contributed by atoms with Gasteiger partial charge in [-0.2, -0.15) is 0 Å². The van der Waals surface area contributed by atoms with E-state index in [0.29, 0.717) is 17.4 Å². The molecule has 2 N–H and O–H groups in total. The highest BCUT2D eigenvalue weighted by atomic mass is 32.1. The molecule has 0 aliphatic carbocycles. The second kappa shape index (κ2) is 5.77. The van der Waals surface area contributed by atoms with Crippen molar-refractivity contribution in [2.75, 3.05) is 14.2 Å². The van der Waals surface area contributed by atoms with Crippen LogP contribution in [0.15, 0.2) is 18.3 Å². The second-order valence-electron chi connectivity index (χ2n) is 3.67. The van der Waals surface area contributed by atoms with Crippen LogP contribution in [-0.2, 0) is 6.54 Å². The molecule has 1 unspecified atom stereocenters. The van der Waals surface area contributed by atoms with E-state index in [1.807, 2.05) is 26.1 Å². The molecule has 0 amide bonds. The van der Waals surface area contributed by atoms with Crippen LogP contribution in [0.2, 0.25) is 0 Å². The summed E-state index contributed by atoms with van der Waals surface area (Å²) in [6.07, 6.45) is 1.71. The van der Waals surface area contributed by atoms with E-state index in [9.17, 15) is 0 Å². The van der Waals surface area contributed by atoms with E-state index in [2.05, 4.69) is 9.88 Å². The zero-order valence-electron chi connectivity index (χ0n) is 9.80. The Balaban J connectivity index is 2.76. The summed E-state index contributed by atoms with van der Waals surface area (Å²) in [5.74, 6) is 0.643. The second-order valence-corrected chi connectivity index (χ2v) is 4.14. The van der Waals surface area contributed by atoms with Gasteiger partial charge in [-0.3, -0.25) is 4.90 Å². The van der Waals surface area contributed by atoms with Crippen LogP contribution in [0.25, 0.3) is 0 Å². The molecule has 0 aliphatic rings. The van der Waals surface area contributed by atoms with Gasteiger partial charge in [-0.25, -0.2) is 4.98 Å². The van der Waals surface area contributed by atoms with Crippen molar-refractivity contribution in [3.05, 3.63) is 23.9 Å². The summed E-state index contributed by atoms with van der Waals surface area (Å²) in [6.45, 7) is 2.68. The van der Waals surface area contributed by atoms with E-state index in [-0.39, 0.29) is 6.04 Å². The third-order valence-electron chi connectivity index (χ3n) is 2.54. The molecule has 0 fully saturated rings. The number of hydrogen-bond acceptors (Lipinski definition) is 4. The molecule has 0 aliphatic heterocycles. The molecule has 1 atom stereocenters. The summed E-state index contributed by atoms with van der Waals surface area (Å²) < 4.78 is 5.18. The van der Waals surface area contributed by atoms with Crippen molar-refractivity contribution in [1.29, 1.82) is 0 Å². The highest BCUT2D eigenvalue weighted by Crippen LogP contribution is 2.16. The third kappa shape index (κ3) is 3.15. The summed E-state index contributed by atoms with van der Waals surface area (Å²) >= 11 is 4.96. The number of ether oxygens (including phenoxy) is 1. The minimum Gasteiger partial charge on any atom is -0.481 e. The fourth-order valence-electron chi connectivity index (χ4n) is 1.35. The van der Waals surface area contributed by atoms with Crippen molar-refractivity contribution in [1.82, 2.24) is 9.88 Å². The lowest BCUT2D eigenvalue weighted by Gasteiger charge is -2.23. The molecule has 0 saturated carbocycles. The number of pyridine rings is 1. The third-order valence-corrected chi connectivity index (χ3v) is 2.88. The molecular formula is C11H17N3OS. The van der Waals surface area contributed by atoms with Crippen LogP contribution in [0.5, 0.6) is 5.88 Å². The first-order valence-electron chi connectivity index (χ1n) is 5.03. The Morgan fingerprint density at radius 1 is 1.69 bits per heavy atom. The van der Waals surface area contributed by atoms with Gasteiger partial charge in [0, 0.05) is 18.3 Å². The zero-order valence-corrected chi connectivity index (χ0v) is 10.6. The summed E-state index contributed by atoms with van der Waals surface area (Å²) in [7, 11) is 3.58. The molecule has 1 heterocycles. The molecule has 1 aromatic heterocycles. The van der Waals surface area contributed by atoms with Gasteiger partial charge < -0.3 is 10.5 Å². The number of nitrogens with zero attached hydrogens (tertiary/aromatic N) is 2. The number of hydrogen-bond donors (Lipinski definition) is 1. The van der Waals surface area contributed by atoms with Crippen LogP contribution < -0.4 is 10.5 Å². The molecule has 4 nitrogen and oxygen atoms in total. The molecule has 0 bridgehead atoms. The Hall–Kier alpha value is -1.20. The van der Waals surface area contributed by atoms with Gasteiger partial charge in [-0.1, -0.05) is 18.3 Å². The van der Waals surface area contributed by atoms with Gasteiger partial charge in [0.25, 0.3) is 0 Å². The SMILES string of the molecule is COc1ncccc1CN(C)C(C)C(N)=S. The van der Waals surface area contributed by atoms with Crippen molar-refractivity contribution < 1.29 is 4.74 Å². The molecule has 16 heavy (non-hydrogen) atoms. The summed E-state index contributed by atoms with van der Waals surface area (Å²) in [5.41, 5.74) is 6.63. The van der Waals surface area contributed by atoms with E-state index in [1.54, 1.807) is 13.3 Å². The maximum Gasteiger partial charge on any atom is 0.217 e. The Labute approximate surface area is 101 Å². The van der Waals surface area contributed by atoms with E-state index < -0.39 is 0 Å². The van der Waals surface area contributed by atoms with Crippen LogP contribution in [0, 0.1) is 0 Å². The van der Waals surface area contributed by atoms with Gasteiger partial charge in [-0.05, 0) is 20.0 Å².